The number of hydrogen-bond donors (Lipinski definition) is 0. The summed E-state index contributed by atoms with van der Waals surface area (Å²) in [4.78, 5) is 17.6. The third kappa shape index (κ3) is 5.95. The summed E-state index contributed by atoms with van der Waals surface area (Å²) in [6.07, 6.45) is -4.54. The van der Waals surface area contributed by atoms with Crippen molar-refractivity contribution in [3.63, 3.8) is 0 Å². The summed E-state index contributed by atoms with van der Waals surface area (Å²) in [5, 5.41) is 0. The van der Waals surface area contributed by atoms with Crippen LogP contribution in [0, 0.1) is 23.7 Å². The number of fused-ring (bicyclic) bond motifs is 2. The highest BCUT2D eigenvalue weighted by atomic mass is 19.4. The molecule has 0 amide bonds. The van der Waals surface area contributed by atoms with Crippen LogP contribution in [0.1, 0.15) is 33.9 Å². The number of aromatic nitrogens is 6. The van der Waals surface area contributed by atoms with Gasteiger partial charge in [-0.15, -0.1) is 0 Å². The Morgan fingerprint density at radius 3 is 1.23 bits per heavy atom. The zero-order chi connectivity index (χ0) is 33.5. The molecule has 0 N–H and O–H groups in total. The van der Waals surface area contributed by atoms with Crippen LogP contribution in [0.15, 0.2) is 110 Å². The predicted octanol–water partition coefficient (Wildman–Crippen LogP) is 7.94. The molecule has 5 aromatic heterocycles. The molecule has 5 heterocycles. The van der Waals surface area contributed by atoms with Crippen LogP contribution in [0.2, 0.25) is 0 Å². The monoisotopic (exact) mass is 648 g/mol. The fourth-order valence-electron chi connectivity index (χ4n) is 4.96. The van der Waals surface area contributed by atoms with Crippen molar-refractivity contribution >= 4 is 11.3 Å². The highest BCUT2D eigenvalue weighted by molar-refractivity contribution is 5.72. The van der Waals surface area contributed by atoms with E-state index in [2.05, 4.69) is 43.6 Å². The Morgan fingerprint density at radius 2 is 0.875 bits per heavy atom. The fourth-order valence-corrected chi connectivity index (χ4v) is 4.96. The van der Waals surface area contributed by atoms with Crippen molar-refractivity contribution in [3.05, 3.63) is 144 Å². The van der Waals surface area contributed by atoms with Gasteiger partial charge in [0.2, 0.25) is 0 Å². The molecule has 0 aliphatic carbocycles. The molecule has 48 heavy (non-hydrogen) atoms. The van der Waals surface area contributed by atoms with Crippen LogP contribution >= 0.6 is 0 Å². The lowest BCUT2D eigenvalue weighted by Crippen LogP contribution is -2.06. The van der Waals surface area contributed by atoms with Crippen LogP contribution in [0.5, 0.6) is 0 Å². The van der Waals surface area contributed by atoms with Gasteiger partial charge in [0.05, 0.1) is 23.5 Å². The van der Waals surface area contributed by atoms with E-state index in [1.54, 1.807) is 48.5 Å². The van der Waals surface area contributed by atoms with Crippen molar-refractivity contribution in [2.45, 2.75) is 12.4 Å². The highest BCUT2D eigenvalue weighted by Crippen LogP contribution is 2.33. The predicted molar refractivity (Wildman–Crippen MR) is 165 cm³/mol. The first-order valence-corrected chi connectivity index (χ1v) is 14.2. The molecule has 0 unspecified atom stereocenters. The second kappa shape index (κ2) is 11.8. The minimum atomic E-state index is -4.57. The number of alkyl halides is 6. The number of benzene rings is 2. The summed E-state index contributed by atoms with van der Waals surface area (Å²) in [6, 6.07) is 22.4. The van der Waals surface area contributed by atoms with Crippen LogP contribution in [0.25, 0.3) is 33.8 Å². The Labute approximate surface area is 268 Å². The minimum Gasteiger partial charge on any atom is -0.292 e. The summed E-state index contributed by atoms with van der Waals surface area (Å²) >= 11 is 0. The van der Waals surface area contributed by atoms with E-state index in [1.807, 2.05) is 12.1 Å². The molecule has 0 saturated carbocycles. The lowest BCUT2D eigenvalue weighted by molar-refractivity contribution is -0.138. The molecular formula is C36H18F6N6. The molecule has 0 fully saturated rings. The van der Waals surface area contributed by atoms with Gasteiger partial charge in [0.1, 0.15) is 45.5 Å². The third-order valence-corrected chi connectivity index (χ3v) is 7.26. The van der Waals surface area contributed by atoms with E-state index in [9.17, 15) is 26.3 Å². The van der Waals surface area contributed by atoms with Gasteiger partial charge in [-0.25, -0.2) is 19.9 Å². The number of nitrogens with zero attached hydrogens (tertiary/aromatic N) is 6. The summed E-state index contributed by atoms with van der Waals surface area (Å²) in [5.74, 6) is 11.5. The van der Waals surface area contributed by atoms with Gasteiger partial charge in [-0.2, -0.15) is 26.3 Å². The zero-order valence-corrected chi connectivity index (χ0v) is 24.3. The van der Waals surface area contributed by atoms with Gasteiger partial charge in [-0.3, -0.25) is 8.80 Å². The lowest BCUT2D eigenvalue weighted by Gasteiger charge is -2.07. The van der Waals surface area contributed by atoms with Crippen molar-refractivity contribution in [3.8, 4) is 46.2 Å². The molecule has 0 saturated heterocycles. The maximum Gasteiger partial charge on any atom is 0.417 e. The molecule has 7 rings (SSSR count). The van der Waals surface area contributed by atoms with Crippen molar-refractivity contribution in [1.29, 1.82) is 0 Å². The Balaban J connectivity index is 1.26. The van der Waals surface area contributed by atoms with Gasteiger partial charge in [-0.05, 0) is 47.9 Å². The molecule has 0 aliphatic heterocycles. The first-order valence-electron chi connectivity index (χ1n) is 14.2. The Kier molecular flexibility index (Phi) is 7.41. The number of rotatable bonds is 2. The number of halogens is 6. The molecule has 234 valence electrons. The van der Waals surface area contributed by atoms with Crippen LogP contribution < -0.4 is 0 Å². The van der Waals surface area contributed by atoms with Crippen LogP contribution in [-0.2, 0) is 12.4 Å². The Morgan fingerprint density at radius 1 is 0.479 bits per heavy atom. The van der Waals surface area contributed by atoms with E-state index in [-0.39, 0.29) is 34.1 Å². The molecule has 6 nitrogen and oxygen atoms in total. The molecule has 2 aromatic carbocycles. The van der Waals surface area contributed by atoms with Gasteiger partial charge >= 0.3 is 12.4 Å². The van der Waals surface area contributed by atoms with Crippen LogP contribution in [-0.4, -0.2) is 28.7 Å². The first-order chi connectivity index (χ1) is 23.0. The molecule has 0 aliphatic rings. The Hall–Kier alpha value is -6.40. The van der Waals surface area contributed by atoms with Crippen molar-refractivity contribution in [2.24, 2.45) is 0 Å². The van der Waals surface area contributed by atoms with Gasteiger partial charge in [0.15, 0.2) is 0 Å². The molecule has 0 radical (unpaired) electrons. The van der Waals surface area contributed by atoms with Crippen molar-refractivity contribution in [1.82, 2.24) is 28.7 Å². The van der Waals surface area contributed by atoms with Gasteiger partial charge in [-0.1, -0.05) is 60.7 Å². The van der Waals surface area contributed by atoms with Crippen LogP contribution in [0.4, 0.5) is 26.3 Å². The second-order valence-corrected chi connectivity index (χ2v) is 10.4. The normalized spacial score (nSPS) is 11.6. The smallest absolute Gasteiger partial charge is 0.292 e. The molecular weight excluding hydrogens is 630 g/mol. The van der Waals surface area contributed by atoms with Gasteiger partial charge in [0, 0.05) is 23.5 Å². The summed E-state index contributed by atoms with van der Waals surface area (Å²) in [5.41, 5.74) is 1.86. The maximum absolute atomic E-state index is 13.5. The van der Waals surface area contributed by atoms with E-state index < -0.39 is 23.5 Å². The number of hydrogen-bond acceptors (Lipinski definition) is 4. The topological polar surface area (TPSA) is 60.4 Å². The summed E-state index contributed by atoms with van der Waals surface area (Å²) in [7, 11) is 0. The summed E-state index contributed by atoms with van der Waals surface area (Å²) < 4.78 is 83.7. The molecule has 0 atom stereocenters. The molecule has 0 bridgehead atoms. The fraction of sp³-hybridized carbons (Fsp3) is 0.0556. The highest BCUT2D eigenvalue weighted by Gasteiger charge is 2.32. The minimum absolute atomic E-state index is 0.205. The van der Waals surface area contributed by atoms with E-state index >= 15 is 0 Å². The lowest BCUT2D eigenvalue weighted by atomic mass is 10.1. The molecule has 0 spiro atoms. The van der Waals surface area contributed by atoms with E-state index in [0.29, 0.717) is 22.5 Å². The van der Waals surface area contributed by atoms with Crippen molar-refractivity contribution < 1.29 is 26.3 Å². The Bertz CT molecular complexity index is 2250. The van der Waals surface area contributed by atoms with Crippen LogP contribution in [0.3, 0.4) is 0 Å². The van der Waals surface area contributed by atoms with E-state index in [0.717, 1.165) is 24.5 Å². The molecule has 7 aromatic rings. The maximum atomic E-state index is 13.5. The third-order valence-electron chi connectivity index (χ3n) is 7.26. The van der Waals surface area contributed by atoms with E-state index in [1.165, 1.54) is 33.3 Å². The average Bonchev–Trinajstić information content (AvgIpc) is 3.64. The SMILES string of the molecule is FC(F)(F)c1ccc2nc(-c3ccccc3)c(C#Cc3cnc(C#Cc4c(-c5ccccc5)nc5ccc(C(F)(F)F)cn45)cn3)n2c1. The van der Waals surface area contributed by atoms with Gasteiger partial charge < -0.3 is 0 Å². The summed E-state index contributed by atoms with van der Waals surface area (Å²) in [6.45, 7) is 0. The standard InChI is InChI=1S/C36H18F6N6/c37-35(38,39)25-11-17-31-45-33(23-7-3-1-4-8-23)29(47(31)21-25)15-13-27-19-44-28(20-43-27)14-16-30-34(24-9-5-2-6-10-24)46-32-18-12-26(22-48(30)32)36(40,41)42/h1-12,17-22H. The van der Waals surface area contributed by atoms with Gasteiger partial charge in [0.25, 0.3) is 0 Å². The average molecular weight is 649 g/mol. The largest absolute Gasteiger partial charge is 0.417 e. The number of imidazole rings is 2. The zero-order valence-electron chi connectivity index (χ0n) is 24.3. The number of pyridine rings is 2. The first kappa shape index (κ1) is 30.3. The van der Waals surface area contributed by atoms with E-state index in [4.69, 9.17) is 0 Å². The van der Waals surface area contributed by atoms with Crippen molar-refractivity contribution in [2.75, 3.05) is 0 Å². The second-order valence-electron chi connectivity index (χ2n) is 10.4. The quantitative estimate of drug-likeness (QED) is 0.141. The molecule has 12 heteroatoms.